The highest BCUT2D eigenvalue weighted by Crippen LogP contribution is 2.45. The number of halogens is 1. The van der Waals surface area contributed by atoms with Crippen LogP contribution in [0.3, 0.4) is 0 Å². The number of fused-ring (bicyclic) bond motifs is 3. The van der Waals surface area contributed by atoms with Crippen LogP contribution < -0.4 is 0 Å². The van der Waals surface area contributed by atoms with Crippen LogP contribution in [-0.4, -0.2) is 28.7 Å². The summed E-state index contributed by atoms with van der Waals surface area (Å²) >= 11 is 0. The Hall–Kier alpha value is -3.41. The van der Waals surface area contributed by atoms with Gasteiger partial charge in [0, 0.05) is 28.3 Å². The van der Waals surface area contributed by atoms with Crippen LogP contribution in [0.5, 0.6) is 0 Å². The fourth-order valence-electron chi connectivity index (χ4n) is 3.62. The van der Waals surface area contributed by atoms with E-state index in [1.807, 2.05) is 0 Å². The van der Waals surface area contributed by atoms with Crippen molar-refractivity contribution in [2.24, 2.45) is 5.10 Å². The molecule has 0 radical (unpaired) electrons. The minimum Gasteiger partial charge on any atom is -0.290 e. The molecule has 1 heterocycles. The molecule has 0 bridgehead atoms. The number of amides is 1. The van der Waals surface area contributed by atoms with Crippen LogP contribution in [0, 0.1) is 5.82 Å². The molecule has 5 nitrogen and oxygen atoms in total. The molecule has 2 aromatic carbocycles. The Morgan fingerprint density at radius 2 is 1.78 bits per heavy atom. The molecule has 2 aliphatic rings. The predicted molar refractivity (Wildman–Crippen MR) is 97.1 cm³/mol. The van der Waals surface area contributed by atoms with Gasteiger partial charge in [0.05, 0.1) is 6.21 Å². The predicted octanol–water partition coefficient (Wildman–Crippen LogP) is 3.24. The molecule has 0 saturated heterocycles. The Balaban J connectivity index is 2.03. The highest BCUT2D eigenvalue weighted by Gasteiger charge is 2.61. The fourth-order valence-corrected chi connectivity index (χ4v) is 3.62. The normalized spacial score (nSPS) is 19.9. The van der Waals surface area contributed by atoms with Gasteiger partial charge in [-0.3, -0.25) is 14.4 Å². The van der Waals surface area contributed by atoms with Crippen molar-refractivity contribution in [2.75, 3.05) is 0 Å². The maximum absolute atomic E-state index is 13.8. The number of allylic oxidation sites excluding steroid dienone is 1. The van der Waals surface area contributed by atoms with E-state index in [2.05, 4.69) is 5.10 Å². The molecule has 1 aliphatic carbocycles. The molecule has 134 valence electrons. The summed E-state index contributed by atoms with van der Waals surface area (Å²) < 4.78 is 13.8. The highest BCUT2D eigenvalue weighted by atomic mass is 19.1. The van der Waals surface area contributed by atoms with Crippen molar-refractivity contribution >= 4 is 23.7 Å². The zero-order valence-electron chi connectivity index (χ0n) is 14.7. The molecular weight excluding hydrogens is 347 g/mol. The van der Waals surface area contributed by atoms with Gasteiger partial charge in [-0.25, -0.2) is 9.40 Å². The second-order valence-corrected chi connectivity index (χ2v) is 6.76. The third kappa shape index (κ3) is 2.23. The molecule has 1 aliphatic heterocycles. The van der Waals surface area contributed by atoms with Crippen molar-refractivity contribution in [3.63, 3.8) is 0 Å². The topological polar surface area (TPSA) is 66.8 Å². The molecule has 4 rings (SSSR count). The van der Waals surface area contributed by atoms with Gasteiger partial charge >= 0.3 is 0 Å². The maximum Gasteiger partial charge on any atom is 0.268 e. The molecule has 27 heavy (non-hydrogen) atoms. The molecule has 1 spiro atoms. The van der Waals surface area contributed by atoms with E-state index in [4.69, 9.17) is 0 Å². The van der Waals surface area contributed by atoms with Crippen molar-refractivity contribution in [1.82, 2.24) is 5.01 Å². The van der Waals surface area contributed by atoms with Crippen LogP contribution in [0.2, 0.25) is 0 Å². The summed E-state index contributed by atoms with van der Waals surface area (Å²) in [5.74, 6) is -2.44. The number of hydrazone groups is 1. The number of Topliss-reactive ketones (excluding diaryl/α,β-unsaturated/α-hetero) is 2. The van der Waals surface area contributed by atoms with E-state index in [-0.39, 0.29) is 11.1 Å². The van der Waals surface area contributed by atoms with Crippen LogP contribution >= 0.6 is 0 Å². The Labute approximate surface area is 154 Å². The van der Waals surface area contributed by atoms with E-state index in [0.717, 1.165) is 17.1 Å². The van der Waals surface area contributed by atoms with E-state index in [1.165, 1.54) is 18.4 Å². The molecule has 0 fully saturated rings. The molecule has 1 amide bonds. The second kappa shape index (κ2) is 5.81. The van der Waals surface area contributed by atoms with E-state index in [1.54, 1.807) is 38.1 Å². The number of hydrogen-bond donors (Lipinski definition) is 0. The Bertz CT molecular complexity index is 1080. The van der Waals surface area contributed by atoms with Gasteiger partial charge in [0.25, 0.3) is 5.91 Å². The van der Waals surface area contributed by atoms with Gasteiger partial charge in [-0.1, -0.05) is 29.8 Å². The Kier molecular flexibility index (Phi) is 3.66. The lowest BCUT2D eigenvalue weighted by Gasteiger charge is -2.37. The largest absolute Gasteiger partial charge is 0.290 e. The van der Waals surface area contributed by atoms with Crippen LogP contribution in [0.15, 0.2) is 59.2 Å². The number of benzene rings is 2. The average molecular weight is 362 g/mol. The van der Waals surface area contributed by atoms with Crippen LogP contribution in [-0.2, 0) is 10.3 Å². The molecular formula is C21H15FN2O3. The lowest BCUT2D eigenvalue weighted by atomic mass is 9.80. The number of carbonyl (C=O) groups is 3. The molecule has 1 atom stereocenters. The van der Waals surface area contributed by atoms with Crippen molar-refractivity contribution < 1.29 is 18.8 Å². The smallest absolute Gasteiger partial charge is 0.268 e. The summed E-state index contributed by atoms with van der Waals surface area (Å²) in [6, 6.07) is 10.2. The molecule has 1 unspecified atom stereocenters. The number of ketones is 2. The third-order valence-corrected chi connectivity index (χ3v) is 4.73. The lowest BCUT2D eigenvalue weighted by molar-refractivity contribution is -0.130. The summed E-state index contributed by atoms with van der Waals surface area (Å²) in [5.41, 5.74) is -0.281. The molecule has 2 aromatic rings. The SMILES string of the molecule is CC(C)=CC(=O)N1N=Cc2ccccc2C12C(=O)c1ccc(F)cc1C2=O. The van der Waals surface area contributed by atoms with Crippen LogP contribution in [0.4, 0.5) is 4.39 Å². The van der Waals surface area contributed by atoms with Crippen molar-refractivity contribution in [2.45, 2.75) is 19.4 Å². The van der Waals surface area contributed by atoms with Crippen molar-refractivity contribution in [3.8, 4) is 0 Å². The van der Waals surface area contributed by atoms with Gasteiger partial charge in [0.1, 0.15) is 5.82 Å². The quantitative estimate of drug-likeness (QED) is 0.578. The number of rotatable bonds is 1. The van der Waals surface area contributed by atoms with E-state index >= 15 is 0 Å². The average Bonchev–Trinajstić information content (AvgIpc) is 2.84. The van der Waals surface area contributed by atoms with Crippen molar-refractivity contribution in [1.29, 1.82) is 0 Å². The van der Waals surface area contributed by atoms with Gasteiger partial charge < -0.3 is 0 Å². The minimum atomic E-state index is -1.95. The monoisotopic (exact) mass is 362 g/mol. The Morgan fingerprint density at radius 1 is 1.07 bits per heavy atom. The first-order valence-electron chi connectivity index (χ1n) is 8.39. The van der Waals surface area contributed by atoms with Crippen LogP contribution in [0.1, 0.15) is 45.7 Å². The summed E-state index contributed by atoms with van der Waals surface area (Å²) in [7, 11) is 0. The second-order valence-electron chi connectivity index (χ2n) is 6.76. The van der Waals surface area contributed by atoms with E-state index < -0.39 is 28.8 Å². The zero-order valence-corrected chi connectivity index (χ0v) is 14.7. The standard InChI is InChI=1S/C21H15FN2O3/c1-12(2)9-18(25)24-21(17-6-4-3-5-13(17)11-23-24)19(26)15-8-7-14(22)10-16(15)20(21)27/h3-11H,1-2H3. The van der Waals surface area contributed by atoms with Gasteiger partial charge in [0.2, 0.25) is 17.1 Å². The first kappa shape index (κ1) is 17.0. The fraction of sp³-hybridized carbons (Fsp3) is 0.143. The summed E-state index contributed by atoms with van der Waals surface area (Å²) in [4.78, 5) is 39.7. The number of nitrogens with zero attached hydrogens (tertiary/aromatic N) is 2. The molecule has 0 saturated carbocycles. The van der Waals surface area contributed by atoms with Gasteiger partial charge in [0.15, 0.2) is 0 Å². The van der Waals surface area contributed by atoms with E-state index in [0.29, 0.717) is 16.7 Å². The first-order valence-corrected chi connectivity index (χ1v) is 8.39. The lowest BCUT2D eigenvalue weighted by Crippen LogP contribution is -2.55. The summed E-state index contributed by atoms with van der Waals surface area (Å²) in [6.45, 7) is 3.46. The zero-order chi connectivity index (χ0) is 19.3. The van der Waals surface area contributed by atoms with E-state index in [9.17, 15) is 18.8 Å². The number of hydrogen-bond acceptors (Lipinski definition) is 4. The third-order valence-electron chi connectivity index (χ3n) is 4.73. The maximum atomic E-state index is 13.8. The molecule has 0 aromatic heterocycles. The summed E-state index contributed by atoms with van der Waals surface area (Å²) in [6.07, 6.45) is 2.76. The van der Waals surface area contributed by atoms with Gasteiger partial charge in [-0.15, -0.1) is 0 Å². The molecule has 6 heteroatoms. The first-order chi connectivity index (χ1) is 12.9. The minimum absolute atomic E-state index is 0.0399. The highest BCUT2D eigenvalue weighted by molar-refractivity contribution is 6.34. The molecule has 0 N–H and O–H groups in total. The van der Waals surface area contributed by atoms with Crippen molar-refractivity contribution in [3.05, 3.63) is 82.2 Å². The number of carbonyl (C=O) groups excluding carboxylic acids is 3. The van der Waals surface area contributed by atoms with Crippen LogP contribution in [0.25, 0.3) is 0 Å². The summed E-state index contributed by atoms with van der Waals surface area (Å²) in [5, 5.41) is 5.07. The Morgan fingerprint density at radius 3 is 2.52 bits per heavy atom. The van der Waals surface area contributed by atoms with Gasteiger partial charge in [-0.05, 0) is 32.0 Å². The van der Waals surface area contributed by atoms with Gasteiger partial charge in [-0.2, -0.15) is 5.10 Å².